The number of benzene rings is 8. The highest BCUT2D eigenvalue weighted by atomic mass is 32.1. The van der Waals surface area contributed by atoms with Crippen molar-refractivity contribution in [1.82, 2.24) is 4.57 Å². The minimum atomic E-state index is -0.114. The Morgan fingerprint density at radius 3 is 2.03 bits per heavy atom. The van der Waals surface area contributed by atoms with E-state index in [2.05, 4.69) is 201 Å². The standard InChI is InChI=1S/C56H45BN2OS/c1-5-6-16-37-30-54-43(42-21-12-15-24-53(42)61-54)34-49(37)59-48-28-25-36(35-17-8-7-9-18-35)29-45(48)57-44-27-26-39(58-46-22-13-10-19-40(46)41-20-11-14-23-47(41)58)33-51(44)60-52-32-38(56(2,3)4)31-50(59)55(52)57/h7-15,17-34H,5-6,16H2,1-4H3. The van der Waals surface area contributed by atoms with E-state index in [1.54, 1.807) is 0 Å². The second kappa shape index (κ2) is 13.7. The summed E-state index contributed by atoms with van der Waals surface area (Å²) in [6.07, 6.45) is 3.28. The molecular weight excluding hydrogens is 760 g/mol. The summed E-state index contributed by atoms with van der Waals surface area (Å²) in [5.74, 6) is 1.85. The number of para-hydroxylation sites is 2. The fourth-order valence-corrected chi connectivity index (χ4v) is 11.3. The first-order valence-corrected chi connectivity index (χ1v) is 22.6. The van der Waals surface area contributed by atoms with Crippen molar-refractivity contribution in [2.45, 2.75) is 52.4 Å². The van der Waals surface area contributed by atoms with Gasteiger partial charge >= 0.3 is 0 Å². The fraction of sp³-hybridized carbons (Fsp3) is 0.143. The summed E-state index contributed by atoms with van der Waals surface area (Å²) in [7, 11) is 0. The van der Waals surface area contributed by atoms with E-state index in [0.29, 0.717) is 0 Å². The van der Waals surface area contributed by atoms with Crippen molar-refractivity contribution >= 4 is 93.5 Å². The van der Waals surface area contributed by atoms with Crippen molar-refractivity contribution in [3.05, 3.63) is 175 Å². The monoisotopic (exact) mass is 804 g/mol. The summed E-state index contributed by atoms with van der Waals surface area (Å²) in [6.45, 7) is 9.22. The lowest BCUT2D eigenvalue weighted by Crippen LogP contribution is -2.59. The summed E-state index contributed by atoms with van der Waals surface area (Å²) < 4.78 is 12.4. The van der Waals surface area contributed by atoms with Crippen LogP contribution in [0.2, 0.25) is 0 Å². The fourth-order valence-electron chi connectivity index (χ4n) is 10.2. The summed E-state index contributed by atoms with van der Waals surface area (Å²) in [6, 6.07) is 61.1. The zero-order valence-corrected chi connectivity index (χ0v) is 35.8. The molecule has 0 radical (unpaired) electrons. The first-order chi connectivity index (χ1) is 29.8. The highest BCUT2D eigenvalue weighted by Gasteiger charge is 2.43. The molecule has 0 saturated heterocycles. The molecule has 2 aliphatic rings. The van der Waals surface area contributed by atoms with Gasteiger partial charge in [-0.05, 0) is 111 Å². The molecule has 0 aliphatic carbocycles. The van der Waals surface area contributed by atoms with Gasteiger partial charge in [0.05, 0.1) is 11.0 Å². The summed E-state index contributed by atoms with van der Waals surface area (Å²) in [5.41, 5.74) is 15.9. The molecule has 2 aromatic heterocycles. The van der Waals surface area contributed by atoms with Crippen LogP contribution >= 0.6 is 11.3 Å². The minimum Gasteiger partial charge on any atom is -0.458 e. The van der Waals surface area contributed by atoms with Gasteiger partial charge in [-0.1, -0.05) is 137 Å². The number of rotatable bonds is 6. The maximum atomic E-state index is 7.31. The van der Waals surface area contributed by atoms with E-state index in [-0.39, 0.29) is 12.1 Å². The van der Waals surface area contributed by atoms with Crippen LogP contribution in [0.1, 0.15) is 51.7 Å². The Morgan fingerprint density at radius 2 is 1.28 bits per heavy atom. The molecular formula is C56H45BN2OS. The average molecular weight is 805 g/mol. The molecule has 8 aromatic carbocycles. The minimum absolute atomic E-state index is 0.0327. The van der Waals surface area contributed by atoms with Crippen molar-refractivity contribution < 1.29 is 4.74 Å². The third-order valence-electron chi connectivity index (χ3n) is 13.2. The van der Waals surface area contributed by atoms with E-state index in [1.165, 1.54) is 97.7 Å². The van der Waals surface area contributed by atoms with Crippen LogP contribution in [0.4, 0.5) is 17.1 Å². The lowest BCUT2D eigenvalue weighted by atomic mass is 9.34. The normalized spacial score (nSPS) is 13.2. The number of aryl methyl sites for hydroxylation is 1. The SMILES string of the molecule is CCCCc1cc2sc3ccccc3c2cc1N1c2ccc(-c3ccccc3)cc2B2c3ccc(-n4c5ccccc5c5ccccc54)cc3Oc3cc(C(C)(C)C)cc1c32. The van der Waals surface area contributed by atoms with Crippen LogP contribution in [-0.4, -0.2) is 11.3 Å². The van der Waals surface area contributed by atoms with Crippen LogP contribution in [0.25, 0.3) is 58.8 Å². The van der Waals surface area contributed by atoms with Crippen molar-refractivity contribution in [2.24, 2.45) is 0 Å². The molecule has 0 amide bonds. The Balaban J connectivity index is 1.14. The van der Waals surface area contributed by atoms with Crippen LogP contribution in [0.5, 0.6) is 11.5 Å². The van der Waals surface area contributed by atoms with Gasteiger partial charge in [0.2, 0.25) is 0 Å². The Kier molecular flexibility index (Phi) is 8.18. The van der Waals surface area contributed by atoms with E-state index in [4.69, 9.17) is 4.74 Å². The number of hydrogen-bond donors (Lipinski definition) is 0. The lowest BCUT2D eigenvalue weighted by Gasteiger charge is -2.42. The van der Waals surface area contributed by atoms with Crippen LogP contribution in [0.15, 0.2) is 164 Å². The van der Waals surface area contributed by atoms with E-state index in [9.17, 15) is 0 Å². The van der Waals surface area contributed by atoms with Crippen LogP contribution in [0.3, 0.4) is 0 Å². The number of hydrogen-bond acceptors (Lipinski definition) is 3. The molecule has 294 valence electrons. The number of ether oxygens (including phenoxy) is 1. The number of unbranched alkanes of at least 4 members (excludes halogenated alkanes) is 1. The lowest BCUT2D eigenvalue weighted by molar-refractivity contribution is 0.483. The van der Waals surface area contributed by atoms with Gasteiger partial charge in [-0.2, -0.15) is 0 Å². The number of fused-ring (bicyclic) bond motifs is 10. The summed E-state index contributed by atoms with van der Waals surface area (Å²) in [5, 5.41) is 5.15. The Labute approximate surface area is 361 Å². The molecule has 5 heteroatoms. The molecule has 0 spiro atoms. The Hall–Kier alpha value is -6.56. The second-order valence-electron chi connectivity index (χ2n) is 17.9. The molecule has 0 N–H and O–H groups in total. The molecule has 10 aromatic rings. The van der Waals surface area contributed by atoms with Crippen molar-refractivity contribution in [3.8, 4) is 28.3 Å². The van der Waals surface area contributed by atoms with Gasteiger partial charge in [0, 0.05) is 59.8 Å². The van der Waals surface area contributed by atoms with Gasteiger partial charge in [-0.25, -0.2) is 0 Å². The van der Waals surface area contributed by atoms with Crippen LogP contribution < -0.4 is 26.0 Å². The van der Waals surface area contributed by atoms with Crippen molar-refractivity contribution in [1.29, 1.82) is 0 Å². The highest BCUT2D eigenvalue weighted by Crippen LogP contribution is 2.48. The molecule has 0 fully saturated rings. The molecule has 2 aliphatic heterocycles. The van der Waals surface area contributed by atoms with Gasteiger partial charge in [0.15, 0.2) is 0 Å². The molecule has 61 heavy (non-hydrogen) atoms. The first kappa shape index (κ1) is 36.3. The molecule has 0 atom stereocenters. The van der Waals surface area contributed by atoms with Crippen LogP contribution in [0, 0.1) is 0 Å². The number of aromatic nitrogens is 1. The molecule has 0 bridgehead atoms. The topological polar surface area (TPSA) is 17.4 Å². The zero-order chi connectivity index (χ0) is 41.0. The van der Waals surface area contributed by atoms with Gasteiger partial charge in [-0.15, -0.1) is 11.3 Å². The average Bonchev–Trinajstić information content (AvgIpc) is 3.82. The van der Waals surface area contributed by atoms with E-state index in [1.807, 2.05) is 11.3 Å². The number of nitrogens with zero attached hydrogens (tertiary/aromatic N) is 2. The third-order valence-corrected chi connectivity index (χ3v) is 14.3. The molecule has 3 nitrogen and oxygen atoms in total. The van der Waals surface area contributed by atoms with Crippen molar-refractivity contribution in [3.63, 3.8) is 0 Å². The first-order valence-electron chi connectivity index (χ1n) is 21.8. The summed E-state index contributed by atoms with van der Waals surface area (Å²) >= 11 is 1.91. The van der Waals surface area contributed by atoms with E-state index >= 15 is 0 Å². The van der Waals surface area contributed by atoms with Gasteiger partial charge in [0.1, 0.15) is 11.5 Å². The summed E-state index contributed by atoms with van der Waals surface area (Å²) in [4.78, 5) is 2.60. The molecule has 0 saturated carbocycles. The smallest absolute Gasteiger partial charge is 0.256 e. The third kappa shape index (κ3) is 5.63. The quantitative estimate of drug-likeness (QED) is 0.156. The molecule has 0 unspecified atom stereocenters. The van der Waals surface area contributed by atoms with E-state index in [0.717, 1.165) is 36.4 Å². The number of anilines is 3. The Morgan fingerprint density at radius 1 is 0.557 bits per heavy atom. The number of thiophene rings is 1. The van der Waals surface area contributed by atoms with E-state index < -0.39 is 0 Å². The van der Waals surface area contributed by atoms with Gasteiger partial charge < -0.3 is 14.2 Å². The molecule has 12 rings (SSSR count). The zero-order valence-electron chi connectivity index (χ0n) is 35.0. The maximum Gasteiger partial charge on any atom is 0.256 e. The van der Waals surface area contributed by atoms with Gasteiger partial charge in [0.25, 0.3) is 6.71 Å². The highest BCUT2D eigenvalue weighted by molar-refractivity contribution is 7.25. The predicted molar refractivity (Wildman–Crippen MR) is 262 cm³/mol. The van der Waals surface area contributed by atoms with Gasteiger partial charge in [-0.3, -0.25) is 0 Å². The molecule has 4 heterocycles. The van der Waals surface area contributed by atoms with Crippen LogP contribution in [-0.2, 0) is 11.8 Å². The largest absolute Gasteiger partial charge is 0.458 e. The Bertz CT molecular complexity index is 3340. The van der Waals surface area contributed by atoms with Crippen molar-refractivity contribution in [2.75, 3.05) is 4.90 Å². The predicted octanol–water partition coefficient (Wildman–Crippen LogP) is 13.9. The second-order valence-corrected chi connectivity index (χ2v) is 19.0. The maximum absolute atomic E-state index is 7.31.